The Morgan fingerprint density at radius 1 is 1.25 bits per heavy atom. The first kappa shape index (κ1) is 11.7. The van der Waals surface area contributed by atoms with Crippen LogP contribution < -0.4 is 0 Å². The molecule has 0 aliphatic rings. The van der Waals surface area contributed by atoms with E-state index in [-0.39, 0.29) is 0 Å². The minimum absolute atomic E-state index is 0.297. The van der Waals surface area contributed by atoms with Crippen molar-refractivity contribution in [3.05, 3.63) is 58.5 Å². The van der Waals surface area contributed by atoms with Crippen LogP contribution in [0.1, 0.15) is 17.2 Å². The monoisotopic (exact) mass is 298 g/mol. The molecule has 3 heteroatoms. The minimum Gasteiger partial charge on any atom is -0.469 e. The van der Waals surface area contributed by atoms with E-state index in [1.54, 1.807) is 6.26 Å². The van der Waals surface area contributed by atoms with Crippen molar-refractivity contribution in [2.45, 2.75) is 12.3 Å². The number of alkyl halides is 1. The smallest absolute Gasteiger partial charge is 0.104 e. The van der Waals surface area contributed by atoms with Crippen LogP contribution in [0.25, 0.3) is 0 Å². The van der Waals surface area contributed by atoms with Crippen LogP contribution in [-0.4, -0.2) is 5.88 Å². The second-order valence-corrected chi connectivity index (χ2v) is 4.91. The Labute approximate surface area is 109 Å². The zero-order valence-corrected chi connectivity index (χ0v) is 11.0. The van der Waals surface area contributed by atoms with Crippen molar-refractivity contribution in [3.63, 3.8) is 0 Å². The first-order chi connectivity index (χ1) is 7.79. The molecule has 2 rings (SSSR count). The van der Waals surface area contributed by atoms with Crippen LogP contribution in [0.4, 0.5) is 0 Å². The highest BCUT2D eigenvalue weighted by atomic mass is 79.9. The fourth-order valence-electron chi connectivity index (χ4n) is 1.69. The van der Waals surface area contributed by atoms with Crippen LogP contribution in [0.15, 0.2) is 51.6 Å². The SMILES string of the molecule is ClCC(Cc1ccco1)c1cccc(Br)c1. The number of halogens is 2. The molecule has 0 aliphatic heterocycles. The average Bonchev–Trinajstić information content (AvgIpc) is 2.78. The lowest BCUT2D eigenvalue weighted by molar-refractivity contribution is 0.494. The summed E-state index contributed by atoms with van der Waals surface area (Å²) in [5.41, 5.74) is 1.24. The Hall–Kier alpha value is -0.730. The molecule has 84 valence electrons. The van der Waals surface area contributed by atoms with Gasteiger partial charge in [0.2, 0.25) is 0 Å². The summed E-state index contributed by atoms with van der Waals surface area (Å²) in [6.45, 7) is 0. The van der Waals surface area contributed by atoms with Gasteiger partial charge in [-0.05, 0) is 29.8 Å². The Morgan fingerprint density at radius 2 is 2.12 bits per heavy atom. The summed E-state index contributed by atoms with van der Waals surface area (Å²) >= 11 is 9.49. The number of benzene rings is 1. The molecule has 0 N–H and O–H groups in total. The normalized spacial score (nSPS) is 12.6. The largest absolute Gasteiger partial charge is 0.469 e. The Kier molecular flexibility index (Phi) is 4.08. The summed E-state index contributed by atoms with van der Waals surface area (Å²) in [5, 5.41) is 0. The maximum atomic E-state index is 6.01. The molecule has 16 heavy (non-hydrogen) atoms. The highest BCUT2D eigenvalue weighted by Gasteiger charge is 2.12. The lowest BCUT2D eigenvalue weighted by Crippen LogP contribution is -2.04. The van der Waals surface area contributed by atoms with E-state index in [0.29, 0.717) is 11.8 Å². The van der Waals surface area contributed by atoms with E-state index >= 15 is 0 Å². The van der Waals surface area contributed by atoms with Crippen molar-refractivity contribution in [2.24, 2.45) is 0 Å². The Bertz CT molecular complexity index is 439. The zero-order valence-electron chi connectivity index (χ0n) is 8.70. The van der Waals surface area contributed by atoms with Gasteiger partial charge < -0.3 is 4.42 Å². The third-order valence-electron chi connectivity index (χ3n) is 2.53. The van der Waals surface area contributed by atoms with Crippen molar-refractivity contribution < 1.29 is 4.42 Å². The molecular weight excluding hydrogens is 287 g/mol. The molecule has 0 aliphatic carbocycles. The van der Waals surface area contributed by atoms with Gasteiger partial charge in [0.15, 0.2) is 0 Å². The fraction of sp³-hybridized carbons (Fsp3) is 0.231. The lowest BCUT2D eigenvalue weighted by atomic mass is 9.96. The number of hydrogen-bond acceptors (Lipinski definition) is 1. The maximum Gasteiger partial charge on any atom is 0.104 e. The summed E-state index contributed by atoms with van der Waals surface area (Å²) < 4.78 is 6.43. The number of furan rings is 1. The van der Waals surface area contributed by atoms with E-state index in [2.05, 4.69) is 28.1 Å². The van der Waals surface area contributed by atoms with E-state index in [1.165, 1.54) is 5.56 Å². The van der Waals surface area contributed by atoms with Gasteiger partial charge in [0.1, 0.15) is 5.76 Å². The maximum absolute atomic E-state index is 6.01. The molecule has 1 nitrogen and oxygen atoms in total. The van der Waals surface area contributed by atoms with Gasteiger partial charge in [0.05, 0.1) is 6.26 Å². The Balaban J connectivity index is 2.16. The van der Waals surface area contributed by atoms with Gasteiger partial charge in [-0.15, -0.1) is 11.6 Å². The van der Waals surface area contributed by atoms with E-state index < -0.39 is 0 Å². The topological polar surface area (TPSA) is 13.1 Å². The molecule has 0 fully saturated rings. The van der Waals surface area contributed by atoms with E-state index in [9.17, 15) is 0 Å². The van der Waals surface area contributed by atoms with Crippen LogP contribution in [0.2, 0.25) is 0 Å². The standard InChI is InChI=1S/C13H12BrClO/c14-12-4-1-3-10(7-12)11(9-15)8-13-5-2-6-16-13/h1-7,11H,8-9H2. The quantitative estimate of drug-likeness (QED) is 0.752. The van der Waals surface area contributed by atoms with Gasteiger partial charge in [-0.1, -0.05) is 28.1 Å². The molecule has 0 saturated heterocycles. The third kappa shape index (κ3) is 2.89. The van der Waals surface area contributed by atoms with Crippen molar-refractivity contribution in [3.8, 4) is 0 Å². The second-order valence-electron chi connectivity index (χ2n) is 3.69. The number of hydrogen-bond donors (Lipinski definition) is 0. The van der Waals surface area contributed by atoms with E-state index in [4.69, 9.17) is 16.0 Å². The van der Waals surface area contributed by atoms with Gasteiger partial charge in [0.25, 0.3) is 0 Å². The predicted octanol–water partition coefficient (Wildman–Crippen LogP) is 4.61. The lowest BCUT2D eigenvalue weighted by Gasteiger charge is -2.13. The average molecular weight is 300 g/mol. The molecule has 1 aromatic carbocycles. The summed E-state index contributed by atoms with van der Waals surface area (Å²) in [7, 11) is 0. The molecular formula is C13H12BrClO. The van der Waals surface area contributed by atoms with Crippen molar-refractivity contribution in [2.75, 3.05) is 5.88 Å². The predicted molar refractivity (Wildman–Crippen MR) is 70.0 cm³/mol. The summed E-state index contributed by atoms with van der Waals surface area (Å²) in [5.74, 6) is 1.87. The summed E-state index contributed by atoms with van der Waals surface area (Å²) in [4.78, 5) is 0. The summed E-state index contributed by atoms with van der Waals surface area (Å²) in [6.07, 6.45) is 2.54. The molecule has 0 saturated carbocycles. The van der Waals surface area contributed by atoms with Crippen LogP contribution >= 0.6 is 27.5 Å². The highest BCUT2D eigenvalue weighted by molar-refractivity contribution is 9.10. The summed E-state index contributed by atoms with van der Waals surface area (Å²) in [6, 6.07) is 12.1. The molecule has 1 heterocycles. The van der Waals surface area contributed by atoms with Crippen LogP contribution in [0.5, 0.6) is 0 Å². The first-order valence-corrected chi connectivity index (χ1v) is 6.46. The molecule has 0 radical (unpaired) electrons. The third-order valence-corrected chi connectivity index (χ3v) is 3.40. The van der Waals surface area contributed by atoms with Gasteiger partial charge >= 0.3 is 0 Å². The van der Waals surface area contributed by atoms with Gasteiger partial charge in [0, 0.05) is 22.7 Å². The Morgan fingerprint density at radius 3 is 2.75 bits per heavy atom. The van der Waals surface area contributed by atoms with Crippen molar-refractivity contribution in [1.29, 1.82) is 0 Å². The van der Waals surface area contributed by atoms with Gasteiger partial charge in [-0.25, -0.2) is 0 Å². The highest BCUT2D eigenvalue weighted by Crippen LogP contribution is 2.25. The van der Waals surface area contributed by atoms with Crippen LogP contribution in [-0.2, 0) is 6.42 Å². The van der Waals surface area contributed by atoms with Crippen molar-refractivity contribution in [1.82, 2.24) is 0 Å². The van der Waals surface area contributed by atoms with E-state index in [0.717, 1.165) is 16.7 Å². The fourth-order valence-corrected chi connectivity index (χ4v) is 2.40. The molecule has 0 spiro atoms. The molecule has 1 aromatic heterocycles. The molecule has 1 unspecified atom stereocenters. The first-order valence-electron chi connectivity index (χ1n) is 5.13. The van der Waals surface area contributed by atoms with Gasteiger partial charge in [-0.2, -0.15) is 0 Å². The molecule has 0 bridgehead atoms. The second kappa shape index (κ2) is 5.55. The molecule has 0 amide bonds. The van der Waals surface area contributed by atoms with Crippen molar-refractivity contribution >= 4 is 27.5 Å². The zero-order chi connectivity index (χ0) is 11.4. The minimum atomic E-state index is 0.297. The van der Waals surface area contributed by atoms with Crippen LogP contribution in [0.3, 0.4) is 0 Å². The van der Waals surface area contributed by atoms with Gasteiger partial charge in [-0.3, -0.25) is 0 Å². The number of rotatable bonds is 4. The molecule has 1 atom stereocenters. The van der Waals surface area contributed by atoms with Crippen LogP contribution in [0, 0.1) is 0 Å². The molecule has 2 aromatic rings. The van der Waals surface area contributed by atoms with E-state index in [1.807, 2.05) is 24.3 Å².